The molecule has 3 aromatic rings. The Labute approximate surface area is 191 Å². The van der Waals surface area contributed by atoms with Crippen LogP contribution in [-0.2, 0) is 9.59 Å². The number of hydrogen-bond donors (Lipinski definition) is 1. The van der Waals surface area contributed by atoms with Gasteiger partial charge in [-0.1, -0.05) is 19.1 Å². The molecule has 8 heteroatoms. The smallest absolute Gasteiger partial charge is 0.268 e. The molecule has 2 amide bonds. The molecule has 0 saturated heterocycles. The summed E-state index contributed by atoms with van der Waals surface area (Å²) in [4.78, 5) is 32.5. The molecular weight excluding hydrogens is 426 g/mol. The summed E-state index contributed by atoms with van der Waals surface area (Å²) in [5.74, 6) is 0.563. The molecule has 2 heterocycles. The first-order chi connectivity index (χ1) is 15.4. The van der Waals surface area contributed by atoms with Gasteiger partial charge in [0.05, 0.1) is 29.2 Å². The Morgan fingerprint density at radius 3 is 2.78 bits per heavy atom. The van der Waals surface area contributed by atoms with E-state index in [4.69, 9.17) is 9.47 Å². The number of benzene rings is 2. The molecule has 2 aromatic carbocycles. The summed E-state index contributed by atoms with van der Waals surface area (Å²) >= 11 is 1.56. The lowest BCUT2D eigenvalue weighted by Crippen LogP contribution is -2.53. The molecule has 0 saturated carbocycles. The van der Waals surface area contributed by atoms with Crippen molar-refractivity contribution in [1.29, 1.82) is 0 Å². The molecule has 0 radical (unpaired) electrons. The molecule has 1 aliphatic rings. The predicted molar refractivity (Wildman–Crippen MR) is 126 cm³/mol. The lowest BCUT2D eigenvalue weighted by Gasteiger charge is -2.37. The number of methoxy groups -OCH3 is 1. The van der Waals surface area contributed by atoms with Gasteiger partial charge in [0.25, 0.3) is 5.91 Å². The average molecular weight is 452 g/mol. The standard InChI is InChI=1S/C24H25N3O4S/c1-5-20-24(29)27(14(2)23(28)26-17-8-6-7-9-21(17)30-4)19-12-16(10-11-22(19)31-20)18-13-32-15(3)25-18/h6-14,20H,5H2,1-4H3,(H,26,28). The van der Waals surface area contributed by atoms with Crippen LogP contribution in [0.25, 0.3) is 11.3 Å². The number of carbonyl (C=O) groups is 2. The Hall–Kier alpha value is -3.39. The van der Waals surface area contributed by atoms with Crippen molar-refractivity contribution in [3.05, 3.63) is 52.9 Å². The van der Waals surface area contributed by atoms with Gasteiger partial charge in [0.1, 0.15) is 17.5 Å². The number of ether oxygens (including phenoxy) is 2. The largest absolute Gasteiger partial charge is 0.495 e. The first kappa shape index (κ1) is 21.8. The zero-order valence-corrected chi connectivity index (χ0v) is 19.2. The number of aromatic nitrogens is 1. The van der Waals surface area contributed by atoms with Crippen LogP contribution in [0, 0.1) is 6.92 Å². The van der Waals surface area contributed by atoms with Crippen molar-refractivity contribution in [2.75, 3.05) is 17.3 Å². The van der Waals surface area contributed by atoms with Crippen LogP contribution in [0.3, 0.4) is 0 Å². The van der Waals surface area contributed by atoms with Crippen molar-refractivity contribution in [3.8, 4) is 22.8 Å². The molecule has 1 aromatic heterocycles. The number of aryl methyl sites for hydroxylation is 1. The van der Waals surface area contributed by atoms with Gasteiger partial charge in [0.15, 0.2) is 6.10 Å². The van der Waals surface area contributed by atoms with Crippen LogP contribution >= 0.6 is 11.3 Å². The third-order valence-corrected chi connectivity index (χ3v) is 6.19. The number of rotatable bonds is 6. The number of para-hydroxylation sites is 2. The van der Waals surface area contributed by atoms with Gasteiger partial charge in [-0.2, -0.15) is 0 Å². The molecule has 2 unspecified atom stereocenters. The monoisotopic (exact) mass is 451 g/mol. The summed E-state index contributed by atoms with van der Waals surface area (Å²) in [6.45, 7) is 5.55. The lowest BCUT2D eigenvalue weighted by molar-refractivity contribution is -0.129. The summed E-state index contributed by atoms with van der Waals surface area (Å²) in [5, 5.41) is 5.81. The van der Waals surface area contributed by atoms with Crippen LogP contribution in [0.15, 0.2) is 47.8 Å². The van der Waals surface area contributed by atoms with E-state index in [1.807, 2.05) is 49.6 Å². The Bertz CT molecular complexity index is 1160. The van der Waals surface area contributed by atoms with Crippen LogP contribution in [-0.4, -0.2) is 36.1 Å². The zero-order chi connectivity index (χ0) is 22.8. The maximum atomic E-state index is 13.3. The summed E-state index contributed by atoms with van der Waals surface area (Å²) in [5.41, 5.74) is 2.80. The van der Waals surface area contributed by atoms with Crippen LogP contribution in [0.2, 0.25) is 0 Å². The van der Waals surface area contributed by atoms with E-state index in [-0.39, 0.29) is 11.8 Å². The number of nitrogens with zero attached hydrogens (tertiary/aromatic N) is 2. The molecule has 1 aliphatic heterocycles. The first-order valence-electron chi connectivity index (χ1n) is 10.4. The van der Waals surface area contributed by atoms with Crippen molar-refractivity contribution < 1.29 is 19.1 Å². The molecule has 2 atom stereocenters. The first-order valence-corrected chi connectivity index (χ1v) is 11.3. The molecule has 4 rings (SSSR count). The fourth-order valence-electron chi connectivity index (χ4n) is 3.70. The fourth-order valence-corrected chi connectivity index (χ4v) is 4.32. The minimum atomic E-state index is -0.767. The second-order valence-corrected chi connectivity index (χ2v) is 8.58. The number of carbonyl (C=O) groups excluding carboxylic acids is 2. The minimum Gasteiger partial charge on any atom is -0.495 e. The normalized spacial score (nSPS) is 16.2. The minimum absolute atomic E-state index is 0.241. The summed E-state index contributed by atoms with van der Waals surface area (Å²) in [7, 11) is 1.55. The maximum Gasteiger partial charge on any atom is 0.268 e. The average Bonchev–Trinajstić information content (AvgIpc) is 3.24. The highest BCUT2D eigenvalue weighted by Crippen LogP contribution is 2.39. The van der Waals surface area contributed by atoms with Gasteiger partial charge in [-0.05, 0) is 50.6 Å². The molecule has 0 aliphatic carbocycles. The quantitative estimate of drug-likeness (QED) is 0.590. The summed E-state index contributed by atoms with van der Waals surface area (Å²) in [6.07, 6.45) is -0.140. The molecule has 0 bridgehead atoms. The van der Waals surface area contributed by atoms with Gasteiger partial charge in [0, 0.05) is 10.9 Å². The zero-order valence-electron chi connectivity index (χ0n) is 18.4. The van der Waals surface area contributed by atoms with Gasteiger partial charge >= 0.3 is 0 Å². The Morgan fingerprint density at radius 2 is 2.09 bits per heavy atom. The van der Waals surface area contributed by atoms with E-state index in [1.54, 1.807) is 37.5 Å². The SMILES string of the molecule is CCC1Oc2ccc(-c3csc(C)n3)cc2N(C(C)C(=O)Nc2ccccc2OC)C1=O. The van der Waals surface area contributed by atoms with E-state index in [1.165, 1.54) is 4.90 Å². The van der Waals surface area contributed by atoms with E-state index < -0.39 is 12.1 Å². The highest BCUT2D eigenvalue weighted by molar-refractivity contribution is 7.09. The van der Waals surface area contributed by atoms with Crippen LogP contribution in [0.1, 0.15) is 25.3 Å². The summed E-state index contributed by atoms with van der Waals surface area (Å²) < 4.78 is 11.3. The molecule has 0 fully saturated rings. The molecular formula is C24H25N3O4S. The second-order valence-electron chi connectivity index (χ2n) is 7.52. The van der Waals surface area contributed by atoms with Crippen LogP contribution < -0.4 is 19.7 Å². The van der Waals surface area contributed by atoms with E-state index in [0.717, 1.165) is 16.3 Å². The number of hydrogen-bond acceptors (Lipinski definition) is 6. The topological polar surface area (TPSA) is 80.8 Å². The second kappa shape index (κ2) is 9.00. The predicted octanol–water partition coefficient (Wildman–Crippen LogP) is 4.66. The van der Waals surface area contributed by atoms with Crippen molar-refractivity contribution in [3.63, 3.8) is 0 Å². The highest BCUT2D eigenvalue weighted by atomic mass is 32.1. The van der Waals surface area contributed by atoms with Crippen molar-refractivity contribution >= 4 is 34.5 Å². The fraction of sp³-hybridized carbons (Fsp3) is 0.292. The Kier molecular flexibility index (Phi) is 6.14. The number of nitrogens with one attached hydrogen (secondary N) is 1. The molecule has 7 nitrogen and oxygen atoms in total. The van der Waals surface area contributed by atoms with E-state index in [9.17, 15) is 9.59 Å². The molecule has 32 heavy (non-hydrogen) atoms. The molecule has 166 valence electrons. The number of fused-ring (bicyclic) bond motifs is 1. The van der Waals surface area contributed by atoms with E-state index in [0.29, 0.717) is 29.3 Å². The maximum absolute atomic E-state index is 13.3. The van der Waals surface area contributed by atoms with Gasteiger partial charge in [-0.15, -0.1) is 11.3 Å². The van der Waals surface area contributed by atoms with Crippen LogP contribution in [0.4, 0.5) is 11.4 Å². The van der Waals surface area contributed by atoms with Gasteiger partial charge in [-0.3, -0.25) is 14.5 Å². The highest BCUT2D eigenvalue weighted by Gasteiger charge is 2.38. The Morgan fingerprint density at radius 1 is 1.31 bits per heavy atom. The third-order valence-electron chi connectivity index (χ3n) is 5.42. The molecule has 0 spiro atoms. The number of anilines is 2. The van der Waals surface area contributed by atoms with Crippen molar-refractivity contribution in [1.82, 2.24) is 4.98 Å². The van der Waals surface area contributed by atoms with Crippen LogP contribution in [0.5, 0.6) is 11.5 Å². The molecule has 1 N–H and O–H groups in total. The van der Waals surface area contributed by atoms with Gasteiger partial charge < -0.3 is 14.8 Å². The summed E-state index contributed by atoms with van der Waals surface area (Å²) in [6, 6.07) is 12.0. The van der Waals surface area contributed by atoms with E-state index >= 15 is 0 Å². The number of thiazole rings is 1. The van der Waals surface area contributed by atoms with Crippen molar-refractivity contribution in [2.24, 2.45) is 0 Å². The lowest BCUT2D eigenvalue weighted by atomic mass is 10.0. The Balaban J connectivity index is 1.70. The van der Waals surface area contributed by atoms with E-state index in [2.05, 4.69) is 10.3 Å². The van der Waals surface area contributed by atoms with Gasteiger partial charge in [-0.25, -0.2) is 4.98 Å². The van der Waals surface area contributed by atoms with Crippen molar-refractivity contribution in [2.45, 2.75) is 39.3 Å². The van der Waals surface area contributed by atoms with Gasteiger partial charge in [0.2, 0.25) is 5.91 Å². The number of amides is 2. The third kappa shape index (κ3) is 4.05.